The Morgan fingerprint density at radius 2 is 1.96 bits per heavy atom. The smallest absolute Gasteiger partial charge is 0.324 e. The molecule has 0 radical (unpaired) electrons. The van der Waals surface area contributed by atoms with E-state index in [1.807, 2.05) is 0 Å². The quantitative estimate of drug-likeness (QED) is 0.751. The number of halogens is 1. The van der Waals surface area contributed by atoms with Crippen LogP contribution in [0.1, 0.15) is 39.7 Å². The minimum atomic E-state index is -0.494. The summed E-state index contributed by atoms with van der Waals surface area (Å²) in [6, 6.07) is 7.29. The van der Waals surface area contributed by atoms with Crippen molar-refractivity contribution in [2.75, 3.05) is 17.7 Å². The van der Waals surface area contributed by atoms with Gasteiger partial charge in [-0.25, -0.2) is 4.79 Å². The molecule has 2 aliphatic heterocycles. The Balaban J connectivity index is 1.60. The molecule has 0 aliphatic carbocycles. The first-order valence-corrected chi connectivity index (χ1v) is 9.69. The molecule has 2 unspecified atom stereocenters. The number of likely N-dealkylation sites (N-methyl/N-ethyl adjacent to an activating group) is 1. The standard InChI is InChI=1S/C18H19ClN4O2S/c1-23-11-6-7-12(23)14-13(8-11)26-17(15(14)16(20)24)22-18(25)21-10-4-2-9(19)3-5-10/h2-5,11-12,19H,6-8H2,1H3,(H3-,20,21,22,24,25)/p+1. The van der Waals surface area contributed by atoms with Crippen molar-refractivity contribution in [1.82, 2.24) is 4.90 Å². The number of primary amides is 1. The van der Waals surface area contributed by atoms with E-state index in [0.717, 1.165) is 29.7 Å². The van der Waals surface area contributed by atoms with Crippen LogP contribution in [0.4, 0.5) is 15.5 Å². The van der Waals surface area contributed by atoms with Crippen molar-refractivity contribution in [2.24, 2.45) is 5.73 Å². The van der Waals surface area contributed by atoms with Crippen molar-refractivity contribution < 1.29 is 21.2 Å². The molecule has 26 heavy (non-hydrogen) atoms. The number of hydrogen-bond acceptors (Lipinski definition) is 4. The van der Waals surface area contributed by atoms with Gasteiger partial charge in [-0.05, 0) is 44.0 Å². The largest absolute Gasteiger partial charge is 0.365 e. The summed E-state index contributed by atoms with van der Waals surface area (Å²) >= 11 is 6.50. The van der Waals surface area contributed by atoms with Crippen molar-refractivity contribution in [2.45, 2.75) is 31.3 Å². The fourth-order valence-electron chi connectivity index (χ4n) is 3.95. The number of carbonyl (C=O) groups is 2. The van der Waals surface area contributed by atoms with Gasteiger partial charge >= 0.3 is 6.03 Å². The molecule has 6 nitrogen and oxygen atoms in total. The van der Waals surface area contributed by atoms with Gasteiger partial charge < -0.3 is 11.1 Å². The number of anilines is 2. The fourth-order valence-corrected chi connectivity index (χ4v) is 5.41. The zero-order valence-corrected chi connectivity index (χ0v) is 15.9. The topological polar surface area (TPSA) is 87.5 Å². The molecule has 3 amide bonds. The molecule has 136 valence electrons. The second kappa shape index (κ2) is 6.57. The Bertz CT molecular complexity index is 880. The second-order valence-electron chi connectivity index (χ2n) is 6.73. The van der Waals surface area contributed by atoms with Crippen LogP contribution in [-0.2, 0) is 6.42 Å². The third-order valence-electron chi connectivity index (χ3n) is 5.20. The highest BCUT2D eigenvalue weighted by Gasteiger charge is 2.42. The van der Waals surface area contributed by atoms with E-state index in [2.05, 4.69) is 22.6 Å². The predicted molar refractivity (Wildman–Crippen MR) is 99.7 cm³/mol. The third kappa shape index (κ3) is 2.96. The van der Waals surface area contributed by atoms with Crippen LogP contribution in [0.5, 0.6) is 0 Å². The Hall–Kier alpha value is -2.09. The van der Waals surface area contributed by atoms with Crippen LogP contribution in [0.3, 0.4) is 0 Å². The molecule has 2 bridgehead atoms. The van der Waals surface area contributed by atoms with Crippen LogP contribution in [0.2, 0.25) is 5.02 Å². The van der Waals surface area contributed by atoms with E-state index in [4.69, 9.17) is 17.3 Å². The van der Waals surface area contributed by atoms with Gasteiger partial charge in [-0.2, -0.15) is 0 Å². The van der Waals surface area contributed by atoms with Crippen molar-refractivity contribution >= 4 is 34.0 Å². The Labute approximate surface area is 160 Å². The number of nitrogens with zero attached hydrogens (tertiary/aromatic N) is 1. The zero-order valence-electron chi connectivity index (χ0n) is 14.2. The maximum Gasteiger partial charge on any atom is 0.324 e. The molecule has 2 aromatic rings. The first-order valence-electron chi connectivity index (χ1n) is 8.46. The normalized spacial score (nSPS) is 21.3. The summed E-state index contributed by atoms with van der Waals surface area (Å²) in [5.41, 5.74) is 7.77. The maximum absolute atomic E-state index is 12.4. The van der Waals surface area contributed by atoms with E-state index in [0.29, 0.717) is 27.3 Å². The molecule has 1 aromatic carbocycles. The molecule has 2 atom stereocenters. The molecule has 0 saturated carbocycles. The molecule has 4 rings (SSSR count). The van der Waals surface area contributed by atoms with Gasteiger partial charge in [0, 0.05) is 34.8 Å². The summed E-state index contributed by atoms with van der Waals surface area (Å²) in [5.74, 6) is -0.494. The van der Waals surface area contributed by atoms with Gasteiger partial charge in [-0.3, -0.25) is 15.0 Å². The van der Waals surface area contributed by atoms with Crippen LogP contribution in [-0.4, -0.2) is 29.9 Å². The minimum Gasteiger partial charge on any atom is -0.365 e. The molecule has 1 saturated heterocycles. The molecular weight excluding hydrogens is 372 g/mol. The lowest BCUT2D eigenvalue weighted by atomic mass is 9.97. The number of thiophene rings is 1. The lowest BCUT2D eigenvalue weighted by molar-refractivity contribution is -0.288. The van der Waals surface area contributed by atoms with Gasteiger partial charge in [0.2, 0.25) is 5.02 Å². The highest BCUT2D eigenvalue weighted by Crippen LogP contribution is 2.49. The number of carbonyl (C=O) groups excluding carboxylic acids is 2. The molecule has 2 aliphatic rings. The second-order valence-corrected chi connectivity index (χ2v) is 8.30. The average molecular weight is 392 g/mol. The van der Waals surface area contributed by atoms with Gasteiger partial charge in [-0.15, -0.1) is 11.3 Å². The Morgan fingerprint density at radius 3 is 2.65 bits per heavy atom. The Morgan fingerprint density at radius 1 is 1.23 bits per heavy atom. The van der Waals surface area contributed by atoms with Gasteiger partial charge in [0.25, 0.3) is 5.91 Å². The summed E-state index contributed by atoms with van der Waals surface area (Å²) in [6.07, 6.45) is 3.05. The first-order chi connectivity index (χ1) is 12.4. The molecule has 0 spiro atoms. The SMILES string of the molecule is CN1C2CCC1c1c(sc(NC(=O)Nc3ccc([ClH+])cc3)c1C(N)=O)C2. The lowest BCUT2D eigenvalue weighted by Gasteiger charge is -2.31. The van der Waals surface area contributed by atoms with Gasteiger partial charge in [0.05, 0.1) is 5.56 Å². The highest BCUT2D eigenvalue weighted by molar-refractivity contribution is 7.17. The van der Waals surface area contributed by atoms with E-state index in [-0.39, 0.29) is 6.04 Å². The molecule has 1 aromatic heterocycles. The predicted octanol–water partition coefficient (Wildman–Crippen LogP) is 2.88. The van der Waals surface area contributed by atoms with E-state index >= 15 is 0 Å². The monoisotopic (exact) mass is 391 g/mol. The van der Waals surface area contributed by atoms with Crippen LogP contribution >= 0.6 is 11.3 Å². The number of nitrogens with two attached hydrogens (primary N) is 1. The molecule has 8 heteroatoms. The molecular formula is C18H20ClN4O2S+. The third-order valence-corrected chi connectivity index (χ3v) is 6.62. The average Bonchev–Trinajstić information content (AvgIpc) is 3.05. The number of fused-ring (bicyclic) bond motifs is 4. The Kier molecular flexibility index (Phi) is 4.38. The number of nitrogens with one attached hydrogen (secondary N) is 2. The van der Waals surface area contributed by atoms with Gasteiger partial charge in [-0.1, -0.05) is 0 Å². The molecule has 1 fully saturated rings. The van der Waals surface area contributed by atoms with E-state index in [1.54, 1.807) is 24.3 Å². The van der Waals surface area contributed by atoms with Crippen LogP contribution in [0.25, 0.3) is 0 Å². The van der Waals surface area contributed by atoms with Crippen molar-refractivity contribution in [1.29, 1.82) is 0 Å². The summed E-state index contributed by atoms with van der Waals surface area (Å²) in [6.45, 7) is 0. The number of urea groups is 1. The highest BCUT2D eigenvalue weighted by atomic mass is 35.5. The summed E-state index contributed by atoms with van der Waals surface area (Å²) in [7, 11) is 2.09. The van der Waals surface area contributed by atoms with E-state index in [1.165, 1.54) is 11.3 Å². The first kappa shape index (κ1) is 17.3. The van der Waals surface area contributed by atoms with Crippen LogP contribution in [0, 0.1) is 11.6 Å². The number of benzene rings is 1. The van der Waals surface area contributed by atoms with Crippen molar-refractivity contribution in [3.05, 3.63) is 45.3 Å². The molecule has 3 heterocycles. The molecule has 4 N–H and O–H groups in total. The van der Waals surface area contributed by atoms with Crippen LogP contribution < -0.4 is 16.4 Å². The summed E-state index contributed by atoms with van der Waals surface area (Å²) < 4.78 is 0. The summed E-state index contributed by atoms with van der Waals surface area (Å²) in [5, 5.41) is 6.80. The zero-order chi connectivity index (χ0) is 18.4. The number of rotatable bonds is 3. The van der Waals surface area contributed by atoms with E-state index < -0.39 is 11.9 Å². The van der Waals surface area contributed by atoms with Crippen LogP contribution in [0.15, 0.2) is 24.3 Å². The lowest BCUT2D eigenvalue weighted by Crippen LogP contribution is -2.34. The summed E-state index contributed by atoms with van der Waals surface area (Å²) in [4.78, 5) is 28.0. The number of hydrogen-bond donors (Lipinski definition) is 3. The fraction of sp³-hybridized carbons (Fsp3) is 0.333. The van der Waals surface area contributed by atoms with E-state index in [9.17, 15) is 9.59 Å². The van der Waals surface area contributed by atoms with Gasteiger partial charge in [0.1, 0.15) is 5.00 Å². The van der Waals surface area contributed by atoms with Gasteiger partial charge in [0.15, 0.2) is 11.6 Å². The number of amides is 3. The van der Waals surface area contributed by atoms with Crippen molar-refractivity contribution in [3.8, 4) is 0 Å². The maximum atomic E-state index is 12.4. The minimum absolute atomic E-state index is 0.209. The van der Waals surface area contributed by atoms with Crippen molar-refractivity contribution in [3.63, 3.8) is 0 Å².